The fourth-order valence-electron chi connectivity index (χ4n) is 1.39. The van der Waals surface area contributed by atoms with E-state index in [2.05, 4.69) is 0 Å². The average Bonchev–Trinajstić information content (AvgIpc) is 2.11. The summed E-state index contributed by atoms with van der Waals surface area (Å²) in [5.41, 5.74) is 5.80. The van der Waals surface area contributed by atoms with Crippen molar-refractivity contribution in [2.45, 2.75) is 6.04 Å². The van der Waals surface area contributed by atoms with Crippen LogP contribution in [0.15, 0.2) is 18.2 Å². The molecule has 1 aromatic carbocycles. The molecule has 0 radical (unpaired) electrons. The lowest BCUT2D eigenvalue weighted by Gasteiger charge is -2.23. The topological polar surface area (TPSA) is 29.3 Å². The van der Waals surface area contributed by atoms with Gasteiger partial charge in [0.25, 0.3) is 0 Å². The molecule has 4 heteroatoms. The molecule has 0 unspecified atom stereocenters. The first kappa shape index (κ1) is 11.1. The van der Waals surface area contributed by atoms with Crippen molar-refractivity contribution in [2.75, 3.05) is 20.6 Å². The number of hydrogen-bond donors (Lipinski definition) is 1. The summed E-state index contributed by atoms with van der Waals surface area (Å²) in [5, 5.41) is 0. The fourth-order valence-corrected chi connectivity index (χ4v) is 1.39. The van der Waals surface area contributed by atoms with Crippen molar-refractivity contribution in [2.24, 2.45) is 5.73 Å². The van der Waals surface area contributed by atoms with Gasteiger partial charge >= 0.3 is 0 Å². The van der Waals surface area contributed by atoms with Gasteiger partial charge in [0, 0.05) is 18.2 Å². The molecule has 0 spiro atoms. The lowest BCUT2D eigenvalue weighted by molar-refractivity contribution is 0.297. The lowest BCUT2D eigenvalue weighted by Crippen LogP contribution is -2.28. The maximum atomic E-state index is 13.3. The fraction of sp³-hybridized carbons (Fsp3) is 0.400. The number of hydrogen-bond acceptors (Lipinski definition) is 2. The molecule has 0 aromatic heterocycles. The van der Waals surface area contributed by atoms with Crippen LogP contribution in [0.1, 0.15) is 11.6 Å². The molecule has 2 N–H and O–H groups in total. The van der Waals surface area contributed by atoms with E-state index in [1.165, 1.54) is 6.07 Å². The van der Waals surface area contributed by atoms with Gasteiger partial charge in [0.05, 0.1) is 0 Å². The first-order valence-corrected chi connectivity index (χ1v) is 4.37. The average molecular weight is 200 g/mol. The van der Waals surface area contributed by atoms with Crippen LogP contribution in [0.25, 0.3) is 0 Å². The molecule has 0 bridgehead atoms. The predicted molar refractivity (Wildman–Crippen MR) is 51.8 cm³/mol. The first-order valence-electron chi connectivity index (χ1n) is 4.37. The number of likely N-dealkylation sites (N-methyl/N-ethyl adjacent to an activating group) is 1. The van der Waals surface area contributed by atoms with Crippen LogP contribution in [0.5, 0.6) is 0 Å². The Labute approximate surface area is 82.3 Å². The second-order valence-corrected chi connectivity index (χ2v) is 3.38. The molecule has 1 rings (SSSR count). The second-order valence-electron chi connectivity index (χ2n) is 3.38. The Bertz CT molecular complexity index is 313. The number of rotatable bonds is 3. The molecule has 0 aliphatic heterocycles. The van der Waals surface area contributed by atoms with Crippen molar-refractivity contribution >= 4 is 0 Å². The Morgan fingerprint density at radius 1 is 1.36 bits per heavy atom. The quantitative estimate of drug-likeness (QED) is 0.801. The summed E-state index contributed by atoms with van der Waals surface area (Å²) in [7, 11) is 3.56. The smallest absolute Gasteiger partial charge is 0.128 e. The Balaban J connectivity index is 3.08. The van der Waals surface area contributed by atoms with Gasteiger partial charge in [0.15, 0.2) is 0 Å². The van der Waals surface area contributed by atoms with Crippen LogP contribution in [0.3, 0.4) is 0 Å². The highest BCUT2D eigenvalue weighted by Crippen LogP contribution is 2.21. The summed E-state index contributed by atoms with van der Waals surface area (Å²) in [6, 6.07) is 3.12. The predicted octanol–water partition coefficient (Wildman–Crippen LogP) is 1.53. The first-order chi connectivity index (χ1) is 6.56. The summed E-state index contributed by atoms with van der Waals surface area (Å²) < 4.78 is 26.2. The number of benzene rings is 1. The molecule has 2 nitrogen and oxygen atoms in total. The van der Waals surface area contributed by atoms with E-state index < -0.39 is 11.6 Å². The maximum absolute atomic E-state index is 13.3. The molecule has 0 amide bonds. The highest BCUT2D eigenvalue weighted by Gasteiger charge is 2.16. The van der Waals surface area contributed by atoms with Gasteiger partial charge in [-0.2, -0.15) is 0 Å². The van der Waals surface area contributed by atoms with Gasteiger partial charge in [-0.3, -0.25) is 0 Å². The Kier molecular flexibility index (Phi) is 3.55. The summed E-state index contributed by atoms with van der Waals surface area (Å²) in [6.45, 7) is 0.257. The van der Waals surface area contributed by atoms with Crippen molar-refractivity contribution in [3.05, 3.63) is 35.4 Å². The van der Waals surface area contributed by atoms with E-state index in [1.807, 2.05) is 0 Å². The molecule has 0 saturated heterocycles. The summed E-state index contributed by atoms with van der Waals surface area (Å²) in [5.74, 6) is -0.864. The SMILES string of the molecule is CN(C)[C@@H](CN)c1cc(F)ccc1F. The van der Waals surface area contributed by atoms with Crippen molar-refractivity contribution in [1.82, 2.24) is 4.90 Å². The number of nitrogens with zero attached hydrogens (tertiary/aromatic N) is 1. The van der Waals surface area contributed by atoms with Crippen LogP contribution in [0.4, 0.5) is 8.78 Å². The zero-order valence-electron chi connectivity index (χ0n) is 8.30. The van der Waals surface area contributed by atoms with Crippen LogP contribution < -0.4 is 5.73 Å². The molecule has 1 atom stereocenters. The minimum absolute atomic E-state index is 0.257. The largest absolute Gasteiger partial charge is 0.329 e. The Morgan fingerprint density at radius 3 is 2.50 bits per heavy atom. The minimum Gasteiger partial charge on any atom is -0.329 e. The molecule has 14 heavy (non-hydrogen) atoms. The summed E-state index contributed by atoms with van der Waals surface area (Å²) in [6.07, 6.45) is 0. The zero-order chi connectivity index (χ0) is 10.7. The van der Waals surface area contributed by atoms with Crippen LogP contribution in [0, 0.1) is 11.6 Å². The van der Waals surface area contributed by atoms with E-state index >= 15 is 0 Å². The standard InChI is InChI=1S/C10H14F2N2/c1-14(2)10(6-13)8-5-7(11)3-4-9(8)12/h3-5,10H,6,13H2,1-2H3/t10-/m0/s1. The van der Waals surface area contributed by atoms with Gasteiger partial charge in [0.1, 0.15) is 11.6 Å². The Hall–Kier alpha value is -1.00. The van der Waals surface area contributed by atoms with E-state index in [0.717, 1.165) is 12.1 Å². The van der Waals surface area contributed by atoms with Crippen molar-refractivity contribution in [1.29, 1.82) is 0 Å². The number of nitrogens with two attached hydrogens (primary N) is 1. The van der Waals surface area contributed by atoms with E-state index in [4.69, 9.17) is 5.73 Å². The molecular weight excluding hydrogens is 186 g/mol. The summed E-state index contributed by atoms with van der Waals surface area (Å²) >= 11 is 0. The highest BCUT2D eigenvalue weighted by atomic mass is 19.1. The normalized spacial score (nSPS) is 13.3. The molecule has 0 saturated carbocycles. The van der Waals surface area contributed by atoms with Crippen molar-refractivity contribution < 1.29 is 8.78 Å². The van der Waals surface area contributed by atoms with Crippen LogP contribution in [0.2, 0.25) is 0 Å². The van der Waals surface area contributed by atoms with Crippen LogP contribution in [-0.2, 0) is 0 Å². The molecule has 0 aliphatic rings. The zero-order valence-corrected chi connectivity index (χ0v) is 8.30. The van der Waals surface area contributed by atoms with Crippen LogP contribution in [-0.4, -0.2) is 25.5 Å². The van der Waals surface area contributed by atoms with Gasteiger partial charge < -0.3 is 10.6 Å². The molecular formula is C10H14F2N2. The van der Waals surface area contributed by atoms with E-state index in [-0.39, 0.29) is 12.6 Å². The van der Waals surface area contributed by atoms with Crippen molar-refractivity contribution in [3.8, 4) is 0 Å². The van der Waals surface area contributed by atoms with Crippen molar-refractivity contribution in [3.63, 3.8) is 0 Å². The molecule has 78 valence electrons. The van der Waals surface area contributed by atoms with Gasteiger partial charge in [-0.1, -0.05) is 0 Å². The van der Waals surface area contributed by atoms with E-state index in [1.54, 1.807) is 19.0 Å². The lowest BCUT2D eigenvalue weighted by atomic mass is 10.1. The maximum Gasteiger partial charge on any atom is 0.128 e. The van der Waals surface area contributed by atoms with E-state index in [0.29, 0.717) is 5.56 Å². The van der Waals surface area contributed by atoms with Gasteiger partial charge in [-0.05, 0) is 32.3 Å². The third-order valence-corrected chi connectivity index (χ3v) is 2.16. The molecule has 0 heterocycles. The van der Waals surface area contributed by atoms with Gasteiger partial charge in [-0.25, -0.2) is 8.78 Å². The van der Waals surface area contributed by atoms with E-state index in [9.17, 15) is 8.78 Å². The monoisotopic (exact) mass is 200 g/mol. The minimum atomic E-state index is -0.443. The van der Waals surface area contributed by atoms with Gasteiger partial charge in [-0.15, -0.1) is 0 Å². The second kappa shape index (κ2) is 4.48. The third-order valence-electron chi connectivity index (χ3n) is 2.16. The highest BCUT2D eigenvalue weighted by molar-refractivity contribution is 5.22. The van der Waals surface area contributed by atoms with Crippen LogP contribution >= 0.6 is 0 Å². The molecule has 0 fully saturated rings. The summed E-state index contributed by atoms with van der Waals surface area (Å²) in [4.78, 5) is 1.76. The Morgan fingerprint density at radius 2 is 2.00 bits per heavy atom. The molecule has 0 aliphatic carbocycles. The molecule has 1 aromatic rings. The number of halogens is 2. The van der Waals surface area contributed by atoms with Gasteiger partial charge in [0.2, 0.25) is 0 Å². The third kappa shape index (κ3) is 2.27.